The van der Waals surface area contributed by atoms with E-state index in [9.17, 15) is 9.59 Å². The van der Waals surface area contributed by atoms with E-state index in [1.165, 1.54) is 11.8 Å². The molecule has 2 heterocycles. The number of H-pyrrole nitrogens is 1. The lowest BCUT2D eigenvalue weighted by Crippen LogP contribution is -2.16. The molecule has 1 aliphatic rings. The molecule has 0 bridgehead atoms. The first-order valence-corrected chi connectivity index (χ1v) is 8.08. The van der Waals surface area contributed by atoms with Gasteiger partial charge >= 0.3 is 5.97 Å². The lowest BCUT2D eigenvalue weighted by molar-refractivity contribution is -0.112. The quantitative estimate of drug-likeness (QED) is 0.619. The molecule has 3 N–H and O–H groups in total. The van der Waals surface area contributed by atoms with Crippen LogP contribution in [0.15, 0.2) is 58.5 Å². The number of benzene rings is 2. The number of aromatic nitrogens is 1. The molecule has 1 aliphatic heterocycles. The van der Waals surface area contributed by atoms with Crippen molar-refractivity contribution in [2.75, 3.05) is 5.32 Å². The number of rotatable bonds is 2. The molecule has 4 rings (SSSR count). The van der Waals surface area contributed by atoms with E-state index in [-0.39, 0.29) is 11.5 Å². The summed E-state index contributed by atoms with van der Waals surface area (Å²) in [6.07, 6.45) is 3.59. The fraction of sp³-hybridized carbons (Fsp3) is 0. The molecule has 1 aromatic heterocycles. The SMILES string of the molecule is O=C1Nc2ccccc2SC1=Cc1c[nH]c2cc(C(=O)O)ccc12. The number of fused-ring (bicyclic) bond motifs is 2. The lowest BCUT2D eigenvalue weighted by atomic mass is 10.1. The molecule has 118 valence electrons. The summed E-state index contributed by atoms with van der Waals surface area (Å²) < 4.78 is 0. The Balaban J connectivity index is 1.75. The van der Waals surface area contributed by atoms with Gasteiger partial charge in [0.05, 0.1) is 16.2 Å². The third-order valence-corrected chi connectivity index (χ3v) is 4.93. The van der Waals surface area contributed by atoms with Crippen LogP contribution in [0.1, 0.15) is 15.9 Å². The summed E-state index contributed by atoms with van der Waals surface area (Å²) in [4.78, 5) is 28.0. The number of carboxylic acid groups (broad SMARTS) is 1. The summed E-state index contributed by atoms with van der Waals surface area (Å²) >= 11 is 1.42. The van der Waals surface area contributed by atoms with Gasteiger partial charge in [0.15, 0.2) is 0 Å². The largest absolute Gasteiger partial charge is 0.478 e. The highest BCUT2D eigenvalue weighted by atomic mass is 32.2. The van der Waals surface area contributed by atoms with Crippen molar-refractivity contribution in [3.8, 4) is 0 Å². The van der Waals surface area contributed by atoms with E-state index in [1.807, 2.05) is 30.3 Å². The van der Waals surface area contributed by atoms with Crippen LogP contribution in [0.5, 0.6) is 0 Å². The molecule has 5 nitrogen and oxygen atoms in total. The van der Waals surface area contributed by atoms with Crippen LogP contribution in [-0.4, -0.2) is 22.0 Å². The van der Waals surface area contributed by atoms with Crippen LogP contribution >= 0.6 is 11.8 Å². The van der Waals surface area contributed by atoms with Crippen molar-refractivity contribution in [1.82, 2.24) is 4.98 Å². The number of carbonyl (C=O) groups excluding carboxylic acids is 1. The number of amides is 1. The van der Waals surface area contributed by atoms with Crippen LogP contribution in [0.3, 0.4) is 0 Å². The number of para-hydroxylation sites is 1. The van der Waals surface area contributed by atoms with Crippen LogP contribution < -0.4 is 5.32 Å². The first kappa shape index (κ1) is 14.6. The zero-order valence-electron chi connectivity index (χ0n) is 12.4. The van der Waals surface area contributed by atoms with Crippen LogP contribution in [0.25, 0.3) is 17.0 Å². The number of carbonyl (C=O) groups is 2. The van der Waals surface area contributed by atoms with Gasteiger partial charge < -0.3 is 15.4 Å². The number of aromatic amines is 1. The predicted octanol–water partition coefficient (Wildman–Crippen LogP) is 3.95. The van der Waals surface area contributed by atoms with Crippen molar-refractivity contribution in [2.45, 2.75) is 4.90 Å². The fourth-order valence-corrected chi connectivity index (χ4v) is 3.59. The number of hydrogen-bond acceptors (Lipinski definition) is 3. The van der Waals surface area contributed by atoms with Gasteiger partial charge in [-0.05, 0) is 30.3 Å². The van der Waals surface area contributed by atoms with E-state index in [0.717, 1.165) is 27.0 Å². The molecular formula is C18H12N2O3S. The van der Waals surface area contributed by atoms with E-state index in [4.69, 9.17) is 5.11 Å². The summed E-state index contributed by atoms with van der Waals surface area (Å²) in [6, 6.07) is 12.5. The van der Waals surface area contributed by atoms with Gasteiger partial charge in [0.1, 0.15) is 0 Å². The van der Waals surface area contributed by atoms with E-state index >= 15 is 0 Å². The normalized spacial score (nSPS) is 15.3. The third-order valence-electron chi connectivity index (χ3n) is 3.83. The lowest BCUT2D eigenvalue weighted by Gasteiger charge is -2.18. The number of aromatic carboxylic acids is 1. The summed E-state index contributed by atoms with van der Waals surface area (Å²) in [5, 5.41) is 12.8. The second-order valence-corrected chi connectivity index (χ2v) is 6.45. The summed E-state index contributed by atoms with van der Waals surface area (Å²) in [5.41, 5.74) is 2.61. The van der Waals surface area contributed by atoms with Crippen molar-refractivity contribution in [1.29, 1.82) is 0 Å². The Morgan fingerprint density at radius 2 is 2.00 bits per heavy atom. The topological polar surface area (TPSA) is 82.2 Å². The van der Waals surface area contributed by atoms with Crippen LogP contribution in [0, 0.1) is 0 Å². The fourth-order valence-electron chi connectivity index (χ4n) is 2.64. The average molecular weight is 336 g/mol. The van der Waals surface area contributed by atoms with Gasteiger partial charge in [0.2, 0.25) is 0 Å². The molecule has 0 aliphatic carbocycles. The highest BCUT2D eigenvalue weighted by molar-refractivity contribution is 8.04. The van der Waals surface area contributed by atoms with Crippen molar-refractivity contribution in [3.05, 3.63) is 64.7 Å². The zero-order valence-corrected chi connectivity index (χ0v) is 13.2. The molecule has 0 unspecified atom stereocenters. The monoisotopic (exact) mass is 336 g/mol. The minimum atomic E-state index is -0.967. The Labute approximate surface area is 141 Å². The Bertz CT molecular complexity index is 1020. The number of carboxylic acids is 1. The van der Waals surface area contributed by atoms with Gasteiger partial charge in [-0.3, -0.25) is 4.79 Å². The maximum absolute atomic E-state index is 12.3. The molecule has 2 aromatic carbocycles. The first-order valence-electron chi connectivity index (χ1n) is 7.26. The number of thioether (sulfide) groups is 1. The van der Waals surface area contributed by atoms with E-state index < -0.39 is 5.97 Å². The van der Waals surface area contributed by atoms with E-state index in [0.29, 0.717) is 4.91 Å². The molecule has 3 aromatic rings. The number of nitrogens with one attached hydrogen (secondary N) is 2. The second-order valence-electron chi connectivity index (χ2n) is 5.37. The number of anilines is 1. The minimum Gasteiger partial charge on any atom is -0.478 e. The molecule has 24 heavy (non-hydrogen) atoms. The van der Waals surface area contributed by atoms with Gasteiger partial charge in [0.25, 0.3) is 5.91 Å². The average Bonchev–Trinajstić information content (AvgIpc) is 2.97. The van der Waals surface area contributed by atoms with Gasteiger partial charge in [-0.2, -0.15) is 0 Å². The first-order chi connectivity index (χ1) is 11.6. The third kappa shape index (κ3) is 2.47. The van der Waals surface area contributed by atoms with Crippen molar-refractivity contribution >= 4 is 46.3 Å². The molecule has 0 fully saturated rings. The van der Waals surface area contributed by atoms with Crippen molar-refractivity contribution < 1.29 is 14.7 Å². The van der Waals surface area contributed by atoms with Crippen LogP contribution in [-0.2, 0) is 4.79 Å². The Morgan fingerprint density at radius 3 is 2.83 bits per heavy atom. The molecular weight excluding hydrogens is 324 g/mol. The Kier molecular flexibility index (Phi) is 3.39. The van der Waals surface area contributed by atoms with Crippen LogP contribution in [0.2, 0.25) is 0 Å². The maximum Gasteiger partial charge on any atom is 0.335 e. The standard InChI is InChI=1S/C18H12N2O3S/c21-17-16(24-15-4-2-1-3-13(15)20-17)8-11-9-19-14-7-10(18(22)23)5-6-12(11)14/h1-9,19H,(H,20,21)(H,22,23). The minimum absolute atomic E-state index is 0.143. The predicted molar refractivity (Wildman–Crippen MR) is 94.2 cm³/mol. The van der Waals surface area contributed by atoms with Crippen molar-refractivity contribution in [3.63, 3.8) is 0 Å². The van der Waals surface area contributed by atoms with Gasteiger partial charge in [-0.15, -0.1) is 0 Å². The molecule has 1 amide bonds. The van der Waals surface area contributed by atoms with E-state index in [1.54, 1.807) is 24.4 Å². The number of hydrogen-bond donors (Lipinski definition) is 3. The molecule has 0 atom stereocenters. The molecule has 0 radical (unpaired) electrons. The van der Waals surface area contributed by atoms with Gasteiger partial charge in [-0.1, -0.05) is 30.0 Å². The molecule has 0 saturated carbocycles. The van der Waals surface area contributed by atoms with Crippen molar-refractivity contribution in [2.24, 2.45) is 0 Å². The molecule has 6 heteroatoms. The Morgan fingerprint density at radius 1 is 1.17 bits per heavy atom. The Hall–Kier alpha value is -2.99. The summed E-state index contributed by atoms with van der Waals surface area (Å²) in [7, 11) is 0. The summed E-state index contributed by atoms with van der Waals surface area (Å²) in [6.45, 7) is 0. The molecule has 0 spiro atoms. The maximum atomic E-state index is 12.3. The summed E-state index contributed by atoms with van der Waals surface area (Å²) in [5.74, 6) is -1.11. The zero-order chi connectivity index (χ0) is 16.7. The molecule has 0 saturated heterocycles. The highest BCUT2D eigenvalue weighted by Crippen LogP contribution is 2.39. The van der Waals surface area contributed by atoms with Gasteiger partial charge in [0, 0.05) is 27.6 Å². The van der Waals surface area contributed by atoms with Gasteiger partial charge in [-0.25, -0.2) is 4.79 Å². The second kappa shape index (κ2) is 5.58. The highest BCUT2D eigenvalue weighted by Gasteiger charge is 2.21. The smallest absolute Gasteiger partial charge is 0.335 e. The van der Waals surface area contributed by atoms with E-state index in [2.05, 4.69) is 10.3 Å². The van der Waals surface area contributed by atoms with Crippen LogP contribution in [0.4, 0.5) is 5.69 Å².